The van der Waals surface area contributed by atoms with Gasteiger partial charge < -0.3 is 4.74 Å². The summed E-state index contributed by atoms with van der Waals surface area (Å²) in [5.41, 5.74) is 3.58. The molecule has 184 valence electrons. The number of nitrogens with zero attached hydrogens (tertiary/aromatic N) is 3. The molecule has 0 fully saturated rings. The molecule has 1 unspecified atom stereocenters. The normalized spacial score (nSPS) is 12.5. The average Bonchev–Trinajstić information content (AvgIpc) is 2.82. The molecular weight excluding hydrogens is 442 g/mol. The van der Waals surface area contributed by atoms with Gasteiger partial charge in [-0.2, -0.15) is 0 Å². The number of rotatable bonds is 10. The van der Waals surface area contributed by atoms with Crippen LogP contribution in [0, 0.1) is 12.8 Å². The van der Waals surface area contributed by atoms with Crippen molar-refractivity contribution in [1.82, 2.24) is 9.97 Å². The molecule has 2 aromatic carbocycles. The largest absolute Gasteiger partial charge is 0.384 e. The van der Waals surface area contributed by atoms with Crippen LogP contribution in [0.3, 0.4) is 0 Å². The molecule has 0 aliphatic rings. The van der Waals surface area contributed by atoms with Gasteiger partial charge in [0.15, 0.2) is 5.82 Å². The molecule has 5 nitrogen and oxygen atoms in total. The Kier molecular flexibility index (Phi) is 11.2. The van der Waals surface area contributed by atoms with Crippen molar-refractivity contribution in [2.45, 2.75) is 51.9 Å². The second kappa shape index (κ2) is 13.9. The van der Waals surface area contributed by atoms with Crippen LogP contribution >= 0.6 is 0 Å². The Morgan fingerprint density at radius 1 is 1.03 bits per heavy atom. The van der Waals surface area contributed by atoms with Crippen molar-refractivity contribution in [3.63, 3.8) is 0 Å². The molecule has 0 bridgehead atoms. The minimum absolute atomic E-state index is 0.622. The molecule has 1 atom stereocenters. The molecule has 0 aliphatic carbocycles. The summed E-state index contributed by atoms with van der Waals surface area (Å²) in [5, 5.41) is 0. The van der Waals surface area contributed by atoms with Gasteiger partial charge in [0.05, 0.1) is 22.0 Å². The van der Waals surface area contributed by atoms with E-state index in [1.165, 1.54) is 17.5 Å². The third-order valence-corrected chi connectivity index (χ3v) is 7.29. The van der Waals surface area contributed by atoms with Crippen LogP contribution in [0.1, 0.15) is 44.0 Å². The van der Waals surface area contributed by atoms with Gasteiger partial charge in [-0.15, -0.1) is 0 Å². The van der Waals surface area contributed by atoms with Gasteiger partial charge in [0.1, 0.15) is 0 Å². The van der Waals surface area contributed by atoms with E-state index in [2.05, 4.69) is 54.0 Å². The molecule has 0 radical (unpaired) electrons. The van der Waals surface area contributed by atoms with Gasteiger partial charge >= 0.3 is 0 Å². The molecule has 0 spiro atoms. The van der Waals surface area contributed by atoms with E-state index < -0.39 is 9.71 Å². The Balaban J connectivity index is 0.000000257. The standard InChI is InChI=1S/C15H19N3OS.C13H20O/c1-4-12-18(15-13(2)16-10-11-17-15)20(3,19)14-8-6-5-7-9-14;1-11(2)9-13-6-4-5-12(10-13)7-8-14-3/h5-11H,3-4,12H2,1-2H3;4-6,10-11H,7-9H2,1-3H3. The Bertz CT molecular complexity index is 1100. The monoisotopic (exact) mass is 481 g/mol. The summed E-state index contributed by atoms with van der Waals surface area (Å²) in [6.45, 7) is 9.84. The van der Waals surface area contributed by atoms with E-state index in [0.717, 1.165) is 31.1 Å². The summed E-state index contributed by atoms with van der Waals surface area (Å²) in [6.07, 6.45) is 6.29. The van der Waals surface area contributed by atoms with Crippen LogP contribution in [-0.4, -0.2) is 40.3 Å². The van der Waals surface area contributed by atoms with Crippen LogP contribution in [0.15, 0.2) is 71.9 Å². The fourth-order valence-electron chi connectivity index (χ4n) is 3.61. The maximum absolute atomic E-state index is 13.2. The predicted octanol–water partition coefficient (Wildman–Crippen LogP) is 5.77. The summed E-state index contributed by atoms with van der Waals surface area (Å²) in [7, 11) is -0.860. The first-order valence-electron chi connectivity index (χ1n) is 11.8. The fraction of sp³-hybridized carbons (Fsp3) is 0.393. The van der Waals surface area contributed by atoms with E-state index in [9.17, 15) is 4.21 Å². The van der Waals surface area contributed by atoms with Gasteiger partial charge in [0.25, 0.3) is 0 Å². The molecule has 3 aromatic rings. The zero-order valence-electron chi connectivity index (χ0n) is 21.2. The van der Waals surface area contributed by atoms with Crippen LogP contribution in [0.4, 0.5) is 5.82 Å². The first-order chi connectivity index (χ1) is 16.3. The van der Waals surface area contributed by atoms with Crippen molar-refractivity contribution in [1.29, 1.82) is 0 Å². The molecule has 34 heavy (non-hydrogen) atoms. The molecule has 0 amide bonds. The lowest BCUT2D eigenvalue weighted by Gasteiger charge is -2.28. The maximum Gasteiger partial charge on any atom is 0.161 e. The van der Waals surface area contributed by atoms with Crippen LogP contribution in [0.5, 0.6) is 0 Å². The van der Waals surface area contributed by atoms with Gasteiger partial charge in [-0.1, -0.05) is 63.2 Å². The Morgan fingerprint density at radius 3 is 2.32 bits per heavy atom. The molecule has 1 heterocycles. The van der Waals surface area contributed by atoms with Gasteiger partial charge in [-0.25, -0.2) is 9.19 Å². The Morgan fingerprint density at radius 2 is 1.71 bits per heavy atom. The lowest BCUT2D eigenvalue weighted by atomic mass is 10.0. The van der Waals surface area contributed by atoms with E-state index in [1.807, 2.05) is 44.2 Å². The number of hydrogen-bond acceptors (Lipinski definition) is 4. The number of benzene rings is 2. The second-order valence-electron chi connectivity index (χ2n) is 8.68. The topological polar surface area (TPSA) is 55.3 Å². The minimum Gasteiger partial charge on any atom is -0.384 e. The summed E-state index contributed by atoms with van der Waals surface area (Å²) in [6, 6.07) is 18.1. The second-order valence-corrected chi connectivity index (χ2v) is 10.9. The van der Waals surface area contributed by atoms with Crippen molar-refractivity contribution in [2.24, 2.45) is 5.92 Å². The summed E-state index contributed by atoms with van der Waals surface area (Å²) >= 11 is 0. The van der Waals surface area contributed by atoms with Gasteiger partial charge in [-0.3, -0.25) is 9.29 Å². The Hall–Kier alpha value is -2.70. The molecule has 0 N–H and O–H groups in total. The SMILES string of the molecule is C=S(=O)(c1ccccc1)N(CCC)c1nccnc1C.COCCc1cccc(CC(C)C)c1. The highest BCUT2D eigenvalue weighted by molar-refractivity contribution is 8.01. The third kappa shape index (κ3) is 8.26. The van der Waals surface area contributed by atoms with Crippen molar-refractivity contribution < 1.29 is 8.95 Å². The Labute approximate surface area is 206 Å². The summed E-state index contributed by atoms with van der Waals surface area (Å²) in [5.74, 6) is 5.33. The van der Waals surface area contributed by atoms with E-state index >= 15 is 0 Å². The quantitative estimate of drug-likeness (QED) is 0.345. The van der Waals surface area contributed by atoms with Crippen LogP contribution in [0.25, 0.3) is 0 Å². The van der Waals surface area contributed by atoms with Crippen LogP contribution in [0.2, 0.25) is 0 Å². The first-order valence-corrected chi connectivity index (χ1v) is 13.5. The van der Waals surface area contributed by atoms with E-state index in [-0.39, 0.29) is 0 Å². The van der Waals surface area contributed by atoms with Crippen LogP contribution < -0.4 is 4.31 Å². The number of methoxy groups -OCH3 is 1. The number of aromatic nitrogens is 2. The molecule has 0 aliphatic heterocycles. The van der Waals surface area contributed by atoms with E-state index in [0.29, 0.717) is 17.3 Å². The zero-order chi connectivity index (χ0) is 25.0. The molecule has 3 rings (SSSR count). The smallest absolute Gasteiger partial charge is 0.161 e. The zero-order valence-corrected chi connectivity index (χ0v) is 22.1. The molecule has 0 saturated heterocycles. The fourth-order valence-corrected chi connectivity index (χ4v) is 5.38. The van der Waals surface area contributed by atoms with E-state index in [1.54, 1.807) is 23.8 Å². The van der Waals surface area contributed by atoms with Crippen molar-refractivity contribution in [3.05, 3.63) is 83.8 Å². The molecule has 6 heteroatoms. The molecular formula is C28H39N3O2S. The summed E-state index contributed by atoms with van der Waals surface area (Å²) < 4.78 is 20.0. The highest BCUT2D eigenvalue weighted by Crippen LogP contribution is 2.23. The number of aryl methyl sites for hydroxylation is 1. The number of hydrogen-bond donors (Lipinski definition) is 0. The predicted molar refractivity (Wildman–Crippen MR) is 145 cm³/mol. The lowest BCUT2D eigenvalue weighted by Crippen LogP contribution is -2.33. The van der Waals surface area contributed by atoms with Crippen molar-refractivity contribution in [3.8, 4) is 0 Å². The highest BCUT2D eigenvalue weighted by Gasteiger charge is 2.21. The van der Waals surface area contributed by atoms with Gasteiger partial charge in [-0.05, 0) is 61.2 Å². The van der Waals surface area contributed by atoms with Crippen molar-refractivity contribution in [2.75, 3.05) is 24.6 Å². The third-order valence-electron chi connectivity index (χ3n) is 5.22. The number of anilines is 1. The lowest BCUT2D eigenvalue weighted by molar-refractivity contribution is 0.202. The average molecular weight is 482 g/mol. The maximum atomic E-state index is 13.2. The number of ether oxygens (including phenoxy) is 1. The first kappa shape index (κ1) is 27.5. The molecule has 1 aromatic heterocycles. The van der Waals surface area contributed by atoms with Crippen LogP contribution in [-0.2, 0) is 27.3 Å². The van der Waals surface area contributed by atoms with Gasteiger partial charge in [0, 0.05) is 30.9 Å². The summed E-state index contributed by atoms with van der Waals surface area (Å²) in [4.78, 5) is 9.27. The highest BCUT2D eigenvalue weighted by atomic mass is 32.2. The van der Waals surface area contributed by atoms with E-state index in [4.69, 9.17) is 4.74 Å². The van der Waals surface area contributed by atoms with Crippen molar-refractivity contribution >= 4 is 21.4 Å². The minimum atomic E-state index is -2.61. The molecule has 0 saturated carbocycles. The van der Waals surface area contributed by atoms with Gasteiger partial charge in [0.2, 0.25) is 0 Å².